The minimum atomic E-state index is -0.143. The number of amides is 2. The number of hydrogen-bond acceptors (Lipinski definition) is 3. The molecule has 2 aromatic rings. The second-order valence-corrected chi connectivity index (χ2v) is 6.87. The lowest BCUT2D eigenvalue weighted by molar-refractivity contribution is 0.221. The van der Waals surface area contributed by atoms with Crippen LogP contribution in [0, 0.1) is 0 Å². The lowest BCUT2D eigenvalue weighted by Gasteiger charge is -2.29. The Balaban J connectivity index is 1.64. The Hall–Kier alpha value is -2.53. The molecular formula is C21H27N3O2. The van der Waals surface area contributed by atoms with Crippen molar-refractivity contribution in [3.05, 3.63) is 59.7 Å². The van der Waals surface area contributed by atoms with Gasteiger partial charge in [-0.3, -0.25) is 0 Å². The van der Waals surface area contributed by atoms with Crippen molar-refractivity contribution in [1.29, 1.82) is 0 Å². The summed E-state index contributed by atoms with van der Waals surface area (Å²) in [6, 6.07) is 16.1. The fourth-order valence-corrected chi connectivity index (χ4v) is 3.32. The van der Waals surface area contributed by atoms with E-state index in [1.807, 2.05) is 36.4 Å². The summed E-state index contributed by atoms with van der Waals surface area (Å²) in [5.41, 5.74) is 3.04. The van der Waals surface area contributed by atoms with E-state index in [1.54, 1.807) is 7.11 Å². The van der Waals surface area contributed by atoms with E-state index in [1.165, 1.54) is 5.56 Å². The molecule has 0 atom stereocenters. The molecule has 0 saturated carbocycles. The minimum Gasteiger partial charge on any atom is -0.496 e. The topological polar surface area (TPSA) is 53.6 Å². The van der Waals surface area contributed by atoms with Crippen molar-refractivity contribution in [1.82, 2.24) is 10.2 Å². The predicted octanol–water partition coefficient (Wildman–Crippen LogP) is 3.50. The highest BCUT2D eigenvalue weighted by molar-refractivity contribution is 5.89. The van der Waals surface area contributed by atoms with Gasteiger partial charge in [0.05, 0.1) is 7.11 Å². The molecule has 1 heterocycles. The number of likely N-dealkylation sites (tertiary alicyclic amines) is 1. The zero-order valence-corrected chi connectivity index (χ0v) is 15.5. The van der Waals surface area contributed by atoms with Gasteiger partial charge in [0.1, 0.15) is 5.75 Å². The fraction of sp³-hybridized carbons (Fsp3) is 0.381. The largest absolute Gasteiger partial charge is 0.496 e. The molecule has 1 saturated heterocycles. The fourth-order valence-electron chi connectivity index (χ4n) is 3.32. The molecule has 0 aliphatic carbocycles. The highest BCUT2D eigenvalue weighted by atomic mass is 16.5. The van der Waals surface area contributed by atoms with Gasteiger partial charge in [-0.2, -0.15) is 0 Å². The van der Waals surface area contributed by atoms with E-state index in [4.69, 9.17) is 4.74 Å². The van der Waals surface area contributed by atoms with Crippen LogP contribution in [0.3, 0.4) is 0 Å². The number of rotatable bonds is 5. The summed E-state index contributed by atoms with van der Waals surface area (Å²) in [4.78, 5) is 14.6. The van der Waals surface area contributed by atoms with Gasteiger partial charge >= 0.3 is 6.03 Å². The van der Waals surface area contributed by atoms with Gasteiger partial charge in [-0.15, -0.1) is 0 Å². The molecule has 1 fully saturated rings. The average Bonchev–Trinajstić information content (AvgIpc) is 2.65. The third-order valence-corrected chi connectivity index (χ3v) is 4.83. The lowest BCUT2D eigenvalue weighted by atomic mass is 10.0. The number of carbonyl (C=O) groups excluding carboxylic acids is 1. The number of nitrogens with zero attached hydrogens (tertiary/aromatic N) is 1. The summed E-state index contributed by atoms with van der Waals surface area (Å²) in [5, 5.41) is 6.04. The summed E-state index contributed by atoms with van der Waals surface area (Å²) in [7, 11) is 3.78. The molecule has 0 aromatic heterocycles. The molecule has 5 heteroatoms. The van der Waals surface area contributed by atoms with Crippen LogP contribution < -0.4 is 15.4 Å². The van der Waals surface area contributed by atoms with Gasteiger partial charge in [0.2, 0.25) is 0 Å². The van der Waals surface area contributed by atoms with Crippen molar-refractivity contribution < 1.29 is 9.53 Å². The summed E-state index contributed by atoms with van der Waals surface area (Å²) in [6.07, 6.45) is 2.74. The zero-order valence-electron chi connectivity index (χ0n) is 15.5. The quantitative estimate of drug-likeness (QED) is 0.865. The molecule has 1 aliphatic rings. The number of methoxy groups -OCH3 is 1. The standard InChI is InChI=1S/C21H27N3O2/c1-24-12-10-18(11-13-24)22-21(25)23-19-8-9-20(26-2)17(15-19)14-16-6-4-3-5-7-16/h3-9,15,18H,10-14H2,1-2H3,(H2,22,23,25). The Kier molecular flexibility index (Phi) is 6.12. The van der Waals surface area contributed by atoms with E-state index in [-0.39, 0.29) is 12.1 Å². The monoisotopic (exact) mass is 353 g/mol. The number of ether oxygens (including phenoxy) is 1. The van der Waals surface area contributed by atoms with Gasteiger partial charge in [-0.05, 0) is 56.7 Å². The van der Waals surface area contributed by atoms with Crippen LogP contribution in [0.5, 0.6) is 5.75 Å². The number of benzene rings is 2. The van der Waals surface area contributed by atoms with E-state index in [0.29, 0.717) is 0 Å². The van der Waals surface area contributed by atoms with Crippen LogP contribution in [-0.2, 0) is 6.42 Å². The number of piperidine rings is 1. The average molecular weight is 353 g/mol. The first kappa shape index (κ1) is 18.3. The van der Waals surface area contributed by atoms with Crippen LogP contribution in [0.25, 0.3) is 0 Å². The van der Waals surface area contributed by atoms with Crippen LogP contribution >= 0.6 is 0 Å². The number of urea groups is 1. The van der Waals surface area contributed by atoms with Crippen molar-refractivity contribution >= 4 is 11.7 Å². The van der Waals surface area contributed by atoms with Gasteiger partial charge in [-0.25, -0.2) is 4.79 Å². The summed E-state index contributed by atoms with van der Waals surface area (Å²) in [6.45, 7) is 2.05. The van der Waals surface area contributed by atoms with E-state index in [0.717, 1.165) is 49.4 Å². The second kappa shape index (κ2) is 8.72. The van der Waals surface area contributed by atoms with Gasteiger partial charge in [0.25, 0.3) is 0 Å². The normalized spacial score (nSPS) is 15.5. The SMILES string of the molecule is COc1ccc(NC(=O)NC2CCN(C)CC2)cc1Cc1ccccc1. The maximum absolute atomic E-state index is 12.3. The van der Waals surface area contributed by atoms with Crippen LogP contribution in [0.2, 0.25) is 0 Å². The zero-order chi connectivity index (χ0) is 18.4. The van der Waals surface area contributed by atoms with Crippen molar-refractivity contribution in [3.63, 3.8) is 0 Å². The van der Waals surface area contributed by atoms with Crippen molar-refractivity contribution in [2.24, 2.45) is 0 Å². The first-order valence-electron chi connectivity index (χ1n) is 9.11. The van der Waals surface area contributed by atoms with Crippen molar-refractivity contribution in [2.75, 3.05) is 32.6 Å². The molecule has 2 aromatic carbocycles. The number of hydrogen-bond donors (Lipinski definition) is 2. The highest BCUT2D eigenvalue weighted by Crippen LogP contribution is 2.25. The Morgan fingerprint density at radius 2 is 1.88 bits per heavy atom. The minimum absolute atomic E-state index is 0.143. The number of anilines is 1. The van der Waals surface area contributed by atoms with E-state index < -0.39 is 0 Å². The smallest absolute Gasteiger partial charge is 0.319 e. The van der Waals surface area contributed by atoms with E-state index in [2.05, 4.69) is 34.7 Å². The summed E-state index contributed by atoms with van der Waals surface area (Å²) in [5.74, 6) is 0.829. The second-order valence-electron chi connectivity index (χ2n) is 6.87. The first-order valence-corrected chi connectivity index (χ1v) is 9.11. The predicted molar refractivity (Wildman–Crippen MR) is 105 cm³/mol. The van der Waals surface area contributed by atoms with E-state index >= 15 is 0 Å². The van der Waals surface area contributed by atoms with Gasteiger partial charge in [0.15, 0.2) is 0 Å². The van der Waals surface area contributed by atoms with Crippen LogP contribution in [0.4, 0.5) is 10.5 Å². The van der Waals surface area contributed by atoms with Gasteiger partial charge in [-0.1, -0.05) is 30.3 Å². The Morgan fingerprint density at radius 3 is 2.58 bits per heavy atom. The van der Waals surface area contributed by atoms with Crippen molar-refractivity contribution in [3.8, 4) is 5.75 Å². The molecule has 2 amide bonds. The third kappa shape index (κ3) is 4.99. The Bertz CT molecular complexity index is 725. The number of nitrogens with one attached hydrogen (secondary N) is 2. The maximum Gasteiger partial charge on any atom is 0.319 e. The lowest BCUT2D eigenvalue weighted by Crippen LogP contribution is -2.44. The Morgan fingerprint density at radius 1 is 1.15 bits per heavy atom. The molecule has 0 bridgehead atoms. The summed E-state index contributed by atoms with van der Waals surface area (Å²) < 4.78 is 5.48. The van der Waals surface area contributed by atoms with Crippen LogP contribution in [0.1, 0.15) is 24.0 Å². The molecule has 26 heavy (non-hydrogen) atoms. The highest BCUT2D eigenvalue weighted by Gasteiger charge is 2.18. The molecule has 2 N–H and O–H groups in total. The van der Waals surface area contributed by atoms with Gasteiger partial charge in [0, 0.05) is 23.7 Å². The molecule has 3 rings (SSSR count). The first-order chi connectivity index (χ1) is 12.6. The molecule has 0 unspecified atom stereocenters. The Labute approximate surface area is 155 Å². The van der Waals surface area contributed by atoms with Crippen LogP contribution in [-0.4, -0.2) is 44.2 Å². The molecule has 1 aliphatic heterocycles. The number of carbonyl (C=O) groups is 1. The van der Waals surface area contributed by atoms with Gasteiger partial charge < -0.3 is 20.3 Å². The summed E-state index contributed by atoms with van der Waals surface area (Å²) >= 11 is 0. The molecule has 138 valence electrons. The van der Waals surface area contributed by atoms with Crippen LogP contribution in [0.15, 0.2) is 48.5 Å². The molecule has 0 spiro atoms. The van der Waals surface area contributed by atoms with E-state index in [9.17, 15) is 4.79 Å². The molecule has 5 nitrogen and oxygen atoms in total. The van der Waals surface area contributed by atoms with Crippen molar-refractivity contribution in [2.45, 2.75) is 25.3 Å². The maximum atomic E-state index is 12.3. The molecule has 0 radical (unpaired) electrons. The molecular weight excluding hydrogens is 326 g/mol. The third-order valence-electron chi connectivity index (χ3n) is 4.83.